The van der Waals surface area contributed by atoms with Gasteiger partial charge in [-0.3, -0.25) is 4.79 Å². The van der Waals surface area contributed by atoms with Crippen molar-refractivity contribution in [1.82, 2.24) is 5.32 Å². The fraction of sp³-hybridized carbons (Fsp3) is 0.278. The van der Waals surface area contributed by atoms with E-state index in [2.05, 4.69) is 37.4 Å². The standard InChI is InChI=1S/C18H20ClNO/c1-12-8-9-13(2)16(10-12)14(3)20-18(21)11-15-6-4-5-7-17(15)19/h4-10,14H,11H2,1-3H3,(H,20,21)/t14-/m0/s1. The summed E-state index contributed by atoms with van der Waals surface area (Å²) in [7, 11) is 0. The highest BCUT2D eigenvalue weighted by atomic mass is 35.5. The van der Waals surface area contributed by atoms with Crippen LogP contribution in [0, 0.1) is 13.8 Å². The Bertz CT molecular complexity index is 651. The molecule has 2 rings (SSSR count). The maximum absolute atomic E-state index is 12.2. The molecule has 0 spiro atoms. The zero-order chi connectivity index (χ0) is 15.4. The van der Waals surface area contributed by atoms with E-state index in [1.165, 1.54) is 11.1 Å². The van der Waals surface area contributed by atoms with Crippen LogP contribution < -0.4 is 5.32 Å². The highest BCUT2D eigenvalue weighted by Gasteiger charge is 2.13. The molecule has 0 saturated carbocycles. The van der Waals surface area contributed by atoms with Crippen molar-refractivity contribution in [2.75, 3.05) is 0 Å². The first-order valence-corrected chi connectivity index (χ1v) is 7.45. The highest BCUT2D eigenvalue weighted by molar-refractivity contribution is 6.31. The minimum absolute atomic E-state index is 0.0140. The van der Waals surface area contributed by atoms with E-state index in [1.54, 1.807) is 6.07 Å². The second-order valence-corrected chi connectivity index (χ2v) is 5.82. The van der Waals surface area contributed by atoms with Crippen molar-refractivity contribution in [1.29, 1.82) is 0 Å². The van der Waals surface area contributed by atoms with Gasteiger partial charge in [0.15, 0.2) is 0 Å². The van der Waals surface area contributed by atoms with Crippen molar-refractivity contribution >= 4 is 17.5 Å². The Labute approximate surface area is 131 Å². The van der Waals surface area contributed by atoms with Crippen molar-refractivity contribution < 1.29 is 4.79 Å². The van der Waals surface area contributed by atoms with Gasteiger partial charge in [0, 0.05) is 5.02 Å². The van der Waals surface area contributed by atoms with Gasteiger partial charge in [0.2, 0.25) is 5.91 Å². The topological polar surface area (TPSA) is 29.1 Å². The Morgan fingerprint density at radius 2 is 1.90 bits per heavy atom. The molecule has 0 bridgehead atoms. The molecule has 0 fully saturated rings. The van der Waals surface area contributed by atoms with Gasteiger partial charge in [0.05, 0.1) is 12.5 Å². The number of carbonyl (C=O) groups excluding carboxylic acids is 1. The van der Waals surface area contributed by atoms with Crippen LogP contribution in [0.4, 0.5) is 0 Å². The second-order valence-electron chi connectivity index (χ2n) is 5.42. The number of carbonyl (C=O) groups is 1. The molecule has 110 valence electrons. The van der Waals surface area contributed by atoms with Gasteiger partial charge < -0.3 is 5.32 Å². The summed E-state index contributed by atoms with van der Waals surface area (Å²) in [6.45, 7) is 6.12. The SMILES string of the molecule is Cc1ccc(C)c([C@H](C)NC(=O)Cc2ccccc2Cl)c1. The zero-order valence-corrected chi connectivity index (χ0v) is 13.4. The Hall–Kier alpha value is -1.80. The van der Waals surface area contributed by atoms with Gasteiger partial charge in [-0.1, -0.05) is 53.6 Å². The summed E-state index contributed by atoms with van der Waals surface area (Å²) in [5.74, 6) is -0.0171. The largest absolute Gasteiger partial charge is 0.349 e. The van der Waals surface area contributed by atoms with Crippen LogP contribution in [0.2, 0.25) is 5.02 Å². The van der Waals surface area contributed by atoms with Crippen LogP contribution in [0.1, 0.15) is 35.2 Å². The first kappa shape index (κ1) is 15.6. The molecule has 2 aromatic carbocycles. The van der Waals surface area contributed by atoms with Gasteiger partial charge in [-0.15, -0.1) is 0 Å². The number of hydrogen-bond donors (Lipinski definition) is 1. The van der Waals surface area contributed by atoms with E-state index in [9.17, 15) is 4.79 Å². The molecule has 1 amide bonds. The molecule has 0 aromatic heterocycles. The van der Waals surface area contributed by atoms with Crippen molar-refractivity contribution in [3.63, 3.8) is 0 Å². The second kappa shape index (κ2) is 6.77. The minimum atomic E-state index is -0.0171. The number of rotatable bonds is 4. The maximum Gasteiger partial charge on any atom is 0.224 e. The first-order chi connectivity index (χ1) is 9.97. The summed E-state index contributed by atoms with van der Waals surface area (Å²) < 4.78 is 0. The number of halogens is 1. The molecule has 1 N–H and O–H groups in total. The van der Waals surface area contributed by atoms with E-state index in [-0.39, 0.29) is 11.9 Å². The molecule has 0 heterocycles. The van der Waals surface area contributed by atoms with Gasteiger partial charge in [-0.2, -0.15) is 0 Å². The molecule has 1 atom stereocenters. The summed E-state index contributed by atoms with van der Waals surface area (Å²) in [5, 5.41) is 3.67. The minimum Gasteiger partial charge on any atom is -0.349 e. The third kappa shape index (κ3) is 4.08. The normalized spacial score (nSPS) is 12.0. The summed E-state index contributed by atoms with van der Waals surface area (Å²) in [5.41, 5.74) is 4.39. The van der Waals surface area contributed by atoms with Crippen molar-refractivity contribution in [3.8, 4) is 0 Å². The van der Waals surface area contributed by atoms with E-state index in [4.69, 9.17) is 11.6 Å². The van der Waals surface area contributed by atoms with E-state index in [1.807, 2.05) is 25.1 Å². The molecule has 0 aliphatic heterocycles. The van der Waals surface area contributed by atoms with E-state index in [0.717, 1.165) is 11.1 Å². The van der Waals surface area contributed by atoms with Crippen LogP contribution in [0.25, 0.3) is 0 Å². The molecule has 0 aliphatic carbocycles. The summed E-state index contributed by atoms with van der Waals surface area (Å²) in [4.78, 5) is 12.2. The Morgan fingerprint density at radius 3 is 2.62 bits per heavy atom. The van der Waals surface area contributed by atoms with Crippen molar-refractivity contribution in [2.45, 2.75) is 33.2 Å². The van der Waals surface area contributed by atoms with Crippen LogP contribution in [0.5, 0.6) is 0 Å². The lowest BCUT2D eigenvalue weighted by atomic mass is 10.00. The summed E-state index contributed by atoms with van der Waals surface area (Å²) in [6, 6.07) is 13.7. The Kier molecular flexibility index (Phi) is 5.03. The van der Waals surface area contributed by atoms with Crippen LogP contribution in [0.3, 0.4) is 0 Å². The molecule has 0 unspecified atom stereocenters. The molecule has 0 radical (unpaired) electrons. The van der Waals surface area contributed by atoms with Crippen molar-refractivity contribution in [3.05, 3.63) is 69.7 Å². The summed E-state index contributed by atoms with van der Waals surface area (Å²) in [6.07, 6.45) is 0.300. The third-order valence-electron chi connectivity index (χ3n) is 3.59. The van der Waals surface area contributed by atoms with Crippen molar-refractivity contribution in [2.24, 2.45) is 0 Å². The number of nitrogens with one attached hydrogen (secondary N) is 1. The zero-order valence-electron chi connectivity index (χ0n) is 12.6. The fourth-order valence-electron chi connectivity index (χ4n) is 2.41. The van der Waals surface area contributed by atoms with Gasteiger partial charge >= 0.3 is 0 Å². The van der Waals surface area contributed by atoms with Gasteiger partial charge in [-0.05, 0) is 43.5 Å². The smallest absolute Gasteiger partial charge is 0.224 e. The molecular formula is C18H20ClNO. The highest BCUT2D eigenvalue weighted by Crippen LogP contribution is 2.20. The van der Waals surface area contributed by atoms with Crippen LogP contribution >= 0.6 is 11.6 Å². The number of amides is 1. The molecular weight excluding hydrogens is 282 g/mol. The van der Waals surface area contributed by atoms with Crippen LogP contribution in [-0.2, 0) is 11.2 Å². The Morgan fingerprint density at radius 1 is 1.19 bits per heavy atom. The van der Waals surface area contributed by atoms with Gasteiger partial charge in [0.1, 0.15) is 0 Å². The lowest BCUT2D eigenvalue weighted by Crippen LogP contribution is -2.28. The molecule has 3 heteroatoms. The lowest BCUT2D eigenvalue weighted by Gasteiger charge is -2.17. The molecule has 0 aliphatic rings. The van der Waals surface area contributed by atoms with E-state index in [0.29, 0.717) is 11.4 Å². The molecule has 0 saturated heterocycles. The quantitative estimate of drug-likeness (QED) is 0.892. The number of hydrogen-bond acceptors (Lipinski definition) is 1. The monoisotopic (exact) mass is 301 g/mol. The molecule has 2 aromatic rings. The van der Waals surface area contributed by atoms with E-state index < -0.39 is 0 Å². The van der Waals surface area contributed by atoms with Crippen LogP contribution in [0.15, 0.2) is 42.5 Å². The predicted molar refractivity (Wildman–Crippen MR) is 87.6 cm³/mol. The molecule has 2 nitrogen and oxygen atoms in total. The van der Waals surface area contributed by atoms with Gasteiger partial charge in [-0.25, -0.2) is 0 Å². The van der Waals surface area contributed by atoms with Crippen LogP contribution in [-0.4, -0.2) is 5.91 Å². The third-order valence-corrected chi connectivity index (χ3v) is 3.96. The number of aryl methyl sites for hydroxylation is 2. The Balaban J connectivity index is 2.06. The fourth-order valence-corrected chi connectivity index (χ4v) is 2.61. The molecule has 21 heavy (non-hydrogen) atoms. The summed E-state index contributed by atoms with van der Waals surface area (Å²) >= 11 is 6.09. The maximum atomic E-state index is 12.2. The predicted octanol–water partition coefficient (Wildman–Crippen LogP) is 4.38. The average molecular weight is 302 g/mol. The number of benzene rings is 2. The lowest BCUT2D eigenvalue weighted by molar-refractivity contribution is -0.121. The van der Waals surface area contributed by atoms with E-state index >= 15 is 0 Å². The van der Waals surface area contributed by atoms with Gasteiger partial charge in [0.25, 0.3) is 0 Å². The average Bonchev–Trinajstić information content (AvgIpc) is 2.44. The first-order valence-electron chi connectivity index (χ1n) is 7.07.